The Hall–Kier alpha value is -1.55. The Labute approximate surface area is 87.9 Å². The third-order valence-electron chi connectivity index (χ3n) is 2.41. The Morgan fingerprint density at radius 1 is 1.53 bits per heavy atom. The molecule has 0 spiro atoms. The fraction of sp³-hybridized carbons (Fsp3) is 0.364. The Morgan fingerprint density at radius 2 is 2.20 bits per heavy atom. The van der Waals surface area contributed by atoms with Crippen molar-refractivity contribution < 1.29 is 14.6 Å². The Kier molecular flexibility index (Phi) is 2.60. The summed E-state index contributed by atoms with van der Waals surface area (Å²) in [5, 5.41) is 12.2. The monoisotopic (exact) mass is 207 g/mol. The number of benzene rings is 1. The lowest BCUT2D eigenvalue weighted by Gasteiger charge is -2.05. The highest BCUT2D eigenvalue weighted by Crippen LogP contribution is 2.21. The molecular formula is C11H13NO3. The topological polar surface area (TPSA) is 61.9 Å². The average molecular weight is 207 g/mol. The molecule has 0 aliphatic carbocycles. The molecule has 0 radical (unpaired) electrons. The number of carbonyl (C=O) groups excluding carboxylic acids is 1. The summed E-state index contributed by atoms with van der Waals surface area (Å²) in [4.78, 5) is 11.4. The van der Waals surface area contributed by atoms with Gasteiger partial charge in [0.2, 0.25) is 0 Å². The minimum absolute atomic E-state index is 0.0226. The molecule has 2 N–H and O–H groups in total. The normalized spacial score (nSPS) is 23.5. The van der Waals surface area contributed by atoms with Gasteiger partial charge in [-0.15, -0.1) is 0 Å². The number of phenolic OH excluding ortho intramolecular Hbond substituents is 1. The highest BCUT2D eigenvalue weighted by molar-refractivity contribution is 5.83. The van der Waals surface area contributed by atoms with Crippen LogP contribution in [0.2, 0.25) is 0 Å². The molecule has 0 bridgehead atoms. The lowest BCUT2D eigenvalue weighted by atomic mass is 10.2. The molecule has 1 aromatic carbocycles. The minimum Gasteiger partial charge on any atom is -0.508 e. The summed E-state index contributed by atoms with van der Waals surface area (Å²) in [6, 6.07) is 6.93. The van der Waals surface area contributed by atoms with Gasteiger partial charge in [0, 0.05) is 12.1 Å². The van der Waals surface area contributed by atoms with Crippen LogP contribution in [0, 0.1) is 0 Å². The molecule has 4 heteroatoms. The molecule has 80 valence electrons. The standard InChI is InChI=1S/C11H13NO3/c1-7-10(15-7)11(14)12-6-8-4-2-3-5-9(8)13/h2-5,7,10,13H,6H2,1H3,(H,12,14)/t7-,10+/m0/s1. The van der Waals surface area contributed by atoms with Crippen molar-refractivity contribution >= 4 is 5.91 Å². The van der Waals surface area contributed by atoms with E-state index in [2.05, 4.69) is 5.32 Å². The van der Waals surface area contributed by atoms with Crippen LogP contribution in [0.1, 0.15) is 12.5 Å². The smallest absolute Gasteiger partial charge is 0.252 e. The highest BCUT2D eigenvalue weighted by atomic mass is 16.6. The molecule has 4 nitrogen and oxygen atoms in total. The predicted octanol–water partition coefficient (Wildman–Crippen LogP) is 0.796. The first-order chi connectivity index (χ1) is 7.18. The van der Waals surface area contributed by atoms with Crippen molar-refractivity contribution in [1.82, 2.24) is 5.32 Å². The lowest BCUT2D eigenvalue weighted by molar-refractivity contribution is -0.122. The van der Waals surface area contributed by atoms with Crippen LogP contribution >= 0.6 is 0 Å². The van der Waals surface area contributed by atoms with Gasteiger partial charge in [0.15, 0.2) is 6.10 Å². The van der Waals surface area contributed by atoms with E-state index in [0.29, 0.717) is 12.1 Å². The van der Waals surface area contributed by atoms with Crippen LogP contribution in [-0.4, -0.2) is 23.2 Å². The summed E-state index contributed by atoms with van der Waals surface area (Å²) in [6.07, 6.45) is -0.287. The summed E-state index contributed by atoms with van der Waals surface area (Å²) in [5.41, 5.74) is 0.708. The zero-order chi connectivity index (χ0) is 10.8. The number of carbonyl (C=O) groups is 1. The van der Waals surface area contributed by atoms with Gasteiger partial charge in [-0.1, -0.05) is 18.2 Å². The van der Waals surface area contributed by atoms with Gasteiger partial charge in [0.25, 0.3) is 5.91 Å². The van der Waals surface area contributed by atoms with E-state index in [9.17, 15) is 9.90 Å². The van der Waals surface area contributed by atoms with Gasteiger partial charge in [0.05, 0.1) is 6.10 Å². The number of nitrogens with one attached hydrogen (secondary N) is 1. The molecule has 2 rings (SSSR count). The molecule has 1 aromatic rings. The van der Waals surface area contributed by atoms with Gasteiger partial charge >= 0.3 is 0 Å². The number of hydrogen-bond donors (Lipinski definition) is 2. The molecular weight excluding hydrogens is 194 g/mol. The summed E-state index contributed by atoms with van der Waals surface area (Å²) in [5.74, 6) is 0.0771. The Bertz CT molecular complexity index is 378. The molecule has 1 aliphatic rings. The lowest BCUT2D eigenvalue weighted by Crippen LogP contribution is -2.28. The summed E-state index contributed by atoms with van der Waals surface area (Å²) >= 11 is 0. The number of epoxide rings is 1. The molecule has 1 fully saturated rings. The first-order valence-corrected chi connectivity index (χ1v) is 4.88. The SMILES string of the molecule is C[C@@H]1O[C@H]1C(=O)NCc1ccccc1O. The summed E-state index contributed by atoms with van der Waals surface area (Å²) in [6.45, 7) is 2.18. The van der Waals surface area contributed by atoms with E-state index < -0.39 is 0 Å². The van der Waals surface area contributed by atoms with Crippen LogP contribution < -0.4 is 5.32 Å². The van der Waals surface area contributed by atoms with Gasteiger partial charge < -0.3 is 15.2 Å². The molecule has 0 aromatic heterocycles. The van der Waals surface area contributed by atoms with Crippen LogP contribution in [0.4, 0.5) is 0 Å². The molecule has 1 heterocycles. The van der Waals surface area contributed by atoms with Crippen LogP contribution in [-0.2, 0) is 16.1 Å². The van der Waals surface area contributed by atoms with Crippen molar-refractivity contribution in [2.24, 2.45) is 0 Å². The maximum absolute atomic E-state index is 11.4. The van der Waals surface area contributed by atoms with E-state index in [1.54, 1.807) is 18.2 Å². The third-order valence-corrected chi connectivity index (χ3v) is 2.41. The quantitative estimate of drug-likeness (QED) is 0.720. The second-order valence-electron chi connectivity index (χ2n) is 3.61. The fourth-order valence-electron chi connectivity index (χ4n) is 1.40. The predicted molar refractivity (Wildman–Crippen MR) is 54.3 cm³/mol. The zero-order valence-electron chi connectivity index (χ0n) is 8.43. The maximum Gasteiger partial charge on any atom is 0.252 e. The first kappa shape index (κ1) is 9.98. The number of phenols is 1. The molecule has 0 unspecified atom stereocenters. The van der Waals surface area contributed by atoms with Crippen LogP contribution in [0.3, 0.4) is 0 Å². The van der Waals surface area contributed by atoms with Crippen molar-refractivity contribution in [3.8, 4) is 5.75 Å². The maximum atomic E-state index is 11.4. The molecule has 1 saturated heterocycles. The van der Waals surface area contributed by atoms with Gasteiger partial charge in [-0.25, -0.2) is 0 Å². The van der Waals surface area contributed by atoms with Gasteiger partial charge in [-0.3, -0.25) is 4.79 Å². The van der Waals surface area contributed by atoms with Crippen molar-refractivity contribution in [1.29, 1.82) is 0 Å². The second kappa shape index (κ2) is 3.90. The summed E-state index contributed by atoms with van der Waals surface area (Å²) in [7, 11) is 0. The van der Waals surface area contributed by atoms with Crippen molar-refractivity contribution in [2.75, 3.05) is 0 Å². The van der Waals surface area contributed by atoms with E-state index >= 15 is 0 Å². The van der Waals surface area contributed by atoms with Crippen LogP contribution in [0.15, 0.2) is 24.3 Å². The van der Waals surface area contributed by atoms with Gasteiger partial charge in [-0.05, 0) is 13.0 Å². The van der Waals surface area contributed by atoms with Crippen molar-refractivity contribution in [3.63, 3.8) is 0 Å². The largest absolute Gasteiger partial charge is 0.508 e. The van der Waals surface area contributed by atoms with Crippen LogP contribution in [0.25, 0.3) is 0 Å². The van der Waals surface area contributed by atoms with E-state index in [0.717, 1.165) is 0 Å². The van der Waals surface area contributed by atoms with E-state index in [1.807, 2.05) is 13.0 Å². The molecule has 2 atom stereocenters. The Balaban J connectivity index is 1.88. The van der Waals surface area contributed by atoms with Crippen molar-refractivity contribution in [3.05, 3.63) is 29.8 Å². The minimum atomic E-state index is -0.309. The number of ether oxygens (including phenoxy) is 1. The third kappa shape index (κ3) is 2.27. The molecule has 1 aliphatic heterocycles. The number of para-hydroxylation sites is 1. The molecule has 1 amide bonds. The molecule has 15 heavy (non-hydrogen) atoms. The van der Waals surface area contributed by atoms with E-state index in [4.69, 9.17) is 4.74 Å². The second-order valence-corrected chi connectivity index (χ2v) is 3.61. The zero-order valence-corrected chi connectivity index (χ0v) is 8.43. The highest BCUT2D eigenvalue weighted by Gasteiger charge is 2.40. The first-order valence-electron chi connectivity index (χ1n) is 4.88. The number of hydrogen-bond acceptors (Lipinski definition) is 3. The van der Waals surface area contributed by atoms with Crippen LogP contribution in [0.5, 0.6) is 5.75 Å². The summed E-state index contributed by atoms with van der Waals surface area (Å²) < 4.78 is 5.02. The van der Waals surface area contributed by atoms with E-state index in [-0.39, 0.29) is 23.9 Å². The molecule has 0 saturated carbocycles. The van der Waals surface area contributed by atoms with Gasteiger partial charge in [0.1, 0.15) is 5.75 Å². The van der Waals surface area contributed by atoms with E-state index in [1.165, 1.54) is 0 Å². The number of rotatable bonds is 3. The number of aromatic hydroxyl groups is 1. The average Bonchev–Trinajstić information content (AvgIpc) is 2.94. The fourth-order valence-corrected chi connectivity index (χ4v) is 1.40. The van der Waals surface area contributed by atoms with Gasteiger partial charge in [-0.2, -0.15) is 0 Å². The number of amides is 1. The Morgan fingerprint density at radius 3 is 2.80 bits per heavy atom. The van der Waals surface area contributed by atoms with Crippen molar-refractivity contribution in [2.45, 2.75) is 25.7 Å².